The number of aromatic hydroxyl groups is 1. The van der Waals surface area contributed by atoms with Gasteiger partial charge in [0.05, 0.1) is 11.1 Å². The van der Waals surface area contributed by atoms with Crippen LogP contribution >= 0.6 is 0 Å². The Bertz CT molecular complexity index is 2060. The van der Waals surface area contributed by atoms with Crippen molar-refractivity contribution in [1.82, 2.24) is 20.0 Å². The van der Waals surface area contributed by atoms with Crippen LogP contribution in [0.5, 0.6) is 11.5 Å². The zero-order valence-corrected chi connectivity index (χ0v) is 31.1. The Labute approximate surface area is 321 Å². The highest BCUT2D eigenvalue weighted by Gasteiger charge is 2.44. The molecule has 0 aromatic heterocycles. The van der Waals surface area contributed by atoms with Crippen LogP contribution in [-0.4, -0.2) is 102 Å². The molecule has 0 radical (unpaired) electrons. The third kappa shape index (κ3) is 8.64. The van der Waals surface area contributed by atoms with Gasteiger partial charge in [-0.1, -0.05) is 61.5 Å². The van der Waals surface area contributed by atoms with Crippen molar-refractivity contribution < 1.29 is 29.0 Å². The van der Waals surface area contributed by atoms with Crippen molar-refractivity contribution in [2.24, 2.45) is 0 Å². The molecule has 4 aromatic rings. The molecule has 1 unspecified atom stereocenters. The number of piperazine rings is 1. The SMILES string of the molecule is CC/C(=C(\c1ccc(O)cc1)c1ccc(OCCN2CCN(CCCNc3ccc4c(c3)C(=O)N(C3CCC(=O)NC3=O)C4=O)CC2)cc1)c1ccccc1. The summed E-state index contributed by atoms with van der Waals surface area (Å²) in [6.45, 7) is 9.19. The maximum absolute atomic E-state index is 13.1. The lowest BCUT2D eigenvalue weighted by Crippen LogP contribution is -2.54. The van der Waals surface area contributed by atoms with Crippen molar-refractivity contribution >= 4 is 40.5 Å². The number of hydrogen-bond acceptors (Lipinski definition) is 9. The Morgan fingerprint density at radius 3 is 2.11 bits per heavy atom. The first-order chi connectivity index (χ1) is 26.8. The Hall–Kier alpha value is -5.78. The van der Waals surface area contributed by atoms with E-state index in [1.807, 2.05) is 30.3 Å². The molecule has 7 rings (SSSR count). The first-order valence-corrected chi connectivity index (χ1v) is 19.1. The van der Waals surface area contributed by atoms with Crippen molar-refractivity contribution in [3.63, 3.8) is 0 Å². The summed E-state index contributed by atoms with van der Waals surface area (Å²) < 4.78 is 6.19. The van der Waals surface area contributed by atoms with E-state index in [0.29, 0.717) is 13.2 Å². The van der Waals surface area contributed by atoms with E-state index in [-0.39, 0.29) is 29.7 Å². The zero-order valence-electron chi connectivity index (χ0n) is 31.1. The lowest BCUT2D eigenvalue weighted by atomic mass is 9.88. The number of phenolic OH excluding ortho intramolecular Hbond substituents is 1. The molecule has 0 aliphatic carbocycles. The largest absolute Gasteiger partial charge is 0.508 e. The summed E-state index contributed by atoms with van der Waals surface area (Å²) in [6, 6.07) is 30.3. The number of imide groups is 2. The number of nitrogens with one attached hydrogen (secondary N) is 2. The van der Waals surface area contributed by atoms with E-state index in [2.05, 4.69) is 63.8 Å². The molecule has 3 N–H and O–H groups in total. The summed E-state index contributed by atoms with van der Waals surface area (Å²) >= 11 is 0. The highest BCUT2D eigenvalue weighted by Crippen LogP contribution is 2.36. The van der Waals surface area contributed by atoms with Crippen LogP contribution < -0.4 is 15.4 Å². The molecule has 3 heterocycles. The summed E-state index contributed by atoms with van der Waals surface area (Å²) in [5.41, 5.74) is 7.02. The number of amides is 4. The number of carbonyl (C=O) groups excluding carboxylic acids is 4. The fourth-order valence-electron chi connectivity index (χ4n) is 7.67. The smallest absolute Gasteiger partial charge is 0.262 e. The maximum atomic E-state index is 13.1. The van der Waals surface area contributed by atoms with Gasteiger partial charge in [0, 0.05) is 51.4 Å². The fraction of sp³-hybridized carbons (Fsp3) is 0.318. The van der Waals surface area contributed by atoms with Crippen molar-refractivity contribution in [2.45, 2.75) is 38.6 Å². The molecule has 0 saturated carbocycles. The number of carbonyl (C=O) groups is 4. The number of hydrogen-bond donors (Lipinski definition) is 3. The topological polar surface area (TPSA) is 132 Å². The van der Waals surface area contributed by atoms with Crippen LogP contribution in [0.4, 0.5) is 5.69 Å². The lowest BCUT2D eigenvalue weighted by Gasteiger charge is -2.34. The number of nitrogens with zero attached hydrogens (tertiary/aromatic N) is 3. The molecule has 284 valence electrons. The van der Waals surface area contributed by atoms with Crippen LogP contribution in [0.25, 0.3) is 11.1 Å². The number of benzene rings is 4. The normalized spacial score (nSPS) is 18.2. The van der Waals surface area contributed by atoms with Crippen LogP contribution in [0.15, 0.2) is 97.1 Å². The van der Waals surface area contributed by atoms with E-state index in [1.165, 1.54) is 11.1 Å². The van der Waals surface area contributed by atoms with Gasteiger partial charge < -0.3 is 20.1 Å². The third-order valence-corrected chi connectivity index (χ3v) is 10.6. The van der Waals surface area contributed by atoms with E-state index in [9.17, 15) is 24.3 Å². The minimum absolute atomic E-state index is 0.0927. The molecule has 11 heteroatoms. The van der Waals surface area contributed by atoms with Gasteiger partial charge in [-0.2, -0.15) is 0 Å². The average molecular weight is 742 g/mol. The molecule has 1 atom stereocenters. The second-order valence-electron chi connectivity index (χ2n) is 14.2. The van der Waals surface area contributed by atoms with Crippen LogP contribution in [0.1, 0.15) is 70.0 Å². The number of rotatable bonds is 14. The minimum Gasteiger partial charge on any atom is -0.508 e. The van der Waals surface area contributed by atoms with E-state index < -0.39 is 29.7 Å². The standard InChI is InChI=1S/C44H47N5O6/c1-2-36(30-7-4-3-5-8-30)41(31-9-14-34(50)15-10-31)32-11-16-35(17-12-32)55-28-27-48-25-23-47(24-26-48)22-6-21-45-33-13-18-37-38(29-33)44(54)49(43(37)53)39-19-20-40(51)46-42(39)52/h3-5,7-18,29,39,45,50H,2,6,19-28H2,1H3,(H,46,51,52)/b41-36-. The van der Waals surface area contributed by atoms with Gasteiger partial charge in [0.15, 0.2) is 0 Å². The molecule has 11 nitrogen and oxygen atoms in total. The molecular weight excluding hydrogens is 695 g/mol. The van der Waals surface area contributed by atoms with Crippen LogP contribution in [-0.2, 0) is 9.59 Å². The molecule has 55 heavy (non-hydrogen) atoms. The molecular formula is C44H47N5O6. The van der Waals surface area contributed by atoms with Crippen LogP contribution in [0.3, 0.4) is 0 Å². The van der Waals surface area contributed by atoms with E-state index in [1.54, 1.807) is 30.3 Å². The van der Waals surface area contributed by atoms with Gasteiger partial charge in [-0.05, 0) is 96.1 Å². The summed E-state index contributed by atoms with van der Waals surface area (Å²) in [6.07, 6.45) is 2.01. The molecule has 0 spiro atoms. The van der Waals surface area contributed by atoms with Crippen LogP contribution in [0, 0.1) is 0 Å². The van der Waals surface area contributed by atoms with Gasteiger partial charge in [-0.25, -0.2) is 0 Å². The number of anilines is 1. The van der Waals surface area contributed by atoms with Gasteiger partial charge in [0.2, 0.25) is 11.8 Å². The van der Waals surface area contributed by atoms with Crippen molar-refractivity contribution in [2.75, 3.05) is 57.7 Å². The van der Waals surface area contributed by atoms with Crippen molar-refractivity contribution in [3.8, 4) is 11.5 Å². The Kier molecular flexibility index (Phi) is 11.7. The molecule has 4 amide bonds. The summed E-state index contributed by atoms with van der Waals surface area (Å²) in [5, 5.41) is 15.5. The van der Waals surface area contributed by atoms with Crippen LogP contribution in [0.2, 0.25) is 0 Å². The molecule has 0 bridgehead atoms. The highest BCUT2D eigenvalue weighted by molar-refractivity contribution is 6.23. The van der Waals surface area contributed by atoms with E-state index in [0.717, 1.165) is 85.1 Å². The summed E-state index contributed by atoms with van der Waals surface area (Å²) in [4.78, 5) is 55.9. The molecule has 3 aliphatic rings. The summed E-state index contributed by atoms with van der Waals surface area (Å²) in [7, 11) is 0. The van der Waals surface area contributed by atoms with Gasteiger partial charge in [-0.3, -0.25) is 34.3 Å². The van der Waals surface area contributed by atoms with Crippen molar-refractivity contribution in [1.29, 1.82) is 0 Å². The fourth-order valence-corrected chi connectivity index (χ4v) is 7.67. The quantitative estimate of drug-likeness (QED) is 0.0852. The Morgan fingerprint density at radius 2 is 1.44 bits per heavy atom. The van der Waals surface area contributed by atoms with E-state index in [4.69, 9.17) is 4.74 Å². The predicted molar refractivity (Wildman–Crippen MR) is 212 cm³/mol. The number of fused-ring (bicyclic) bond motifs is 1. The number of piperidine rings is 1. The first-order valence-electron chi connectivity index (χ1n) is 19.1. The number of allylic oxidation sites excluding steroid dienone is 1. The first kappa shape index (κ1) is 37.5. The Balaban J connectivity index is 0.845. The second kappa shape index (κ2) is 17.1. The van der Waals surface area contributed by atoms with Gasteiger partial charge in [0.1, 0.15) is 24.1 Å². The zero-order chi connectivity index (χ0) is 38.3. The lowest BCUT2D eigenvalue weighted by molar-refractivity contribution is -0.136. The Morgan fingerprint density at radius 1 is 0.782 bits per heavy atom. The van der Waals surface area contributed by atoms with Gasteiger partial charge in [0.25, 0.3) is 11.8 Å². The maximum Gasteiger partial charge on any atom is 0.262 e. The summed E-state index contributed by atoms with van der Waals surface area (Å²) in [5.74, 6) is -0.923. The predicted octanol–water partition coefficient (Wildman–Crippen LogP) is 5.66. The van der Waals surface area contributed by atoms with E-state index >= 15 is 0 Å². The monoisotopic (exact) mass is 741 g/mol. The van der Waals surface area contributed by atoms with Gasteiger partial charge in [-0.15, -0.1) is 0 Å². The minimum atomic E-state index is -0.970. The second-order valence-corrected chi connectivity index (χ2v) is 14.2. The third-order valence-electron chi connectivity index (χ3n) is 10.6. The molecule has 3 aliphatic heterocycles. The number of ether oxygens (including phenoxy) is 1. The van der Waals surface area contributed by atoms with Crippen molar-refractivity contribution in [3.05, 3.63) is 125 Å². The highest BCUT2D eigenvalue weighted by atomic mass is 16.5. The molecule has 2 fully saturated rings. The molecule has 4 aromatic carbocycles. The van der Waals surface area contributed by atoms with Gasteiger partial charge >= 0.3 is 0 Å². The molecule has 2 saturated heterocycles. The number of phenols is 1. The average Bonchev–Trinajstić information content (AvgIpc) is 3.45.